The Hall–Kier alpha value is -1.63. The summed E-state index contributed by atoms with van der Waals surface area (Å²) < 4.78 is 42.8. The molecule has 0 unspecified atom stereocenters. The van der Waals surface area contributed by atoms with Crippen molar-refractivity contribution in [3.8, 4) is 18.1 Å². The smallest absolute Gasteiger partial charge is 0.416 e. The highest BCUT2D eigenvalue weighted by Crippen LogP contribution is 2.34. The van der Waals surface area contributed by atoms with Crippen LogP contribution in [0.15, 0.2) is 18.2 Å². The lowest BCUT2D eigenvalue weighted by Crippen LogP contribution is -2.06. The molecule has 90 valence electrons. The van der Waals surface area contributed by atoms with Crippen molar-refractivity contribution in [3.05, 3.63) is 29.3 Å². The molecule has 0 saturated heterocycles. The lowest BCUT2D eigenvalue weighted by molar-refractivity contribution is -0.137. The van der Waals surface area contributed by atoms with E-state index in [1.807, 2.05) is 0 Å². The van der Waals surface area contributed by atoms with Gasteiger partial charge in [-0.1, -0.05) is 5.92 Å². The van der Waals surface area contributed by atoms with Gasteiger partial charge in [-0.3, -0.25) is 0 Å². The Morgan fingerprint density at radius 3 is 2.59 bits per heavy atom. The number of benzene rings is 1. The fraction of sp³-hybridized carbons (Fsp3) is 0.385. The van der Waals surface area contributed by atoms with Gasteiger partial charge < -0.3 is 4.74 Å². The first-order chi connectivity index (χ1) is 8.00. The van der Waals surface area contributed by atoms with Crippen LogP contribution in [-0.2, 0) is 6.18 Å². The minimum atomic E-state index is -4.37. The predicted molar refractivity (Wildman–Crippen MR) is 57.6 cm³/mol. The molecule has 17 heavy (non-hydrogen) atoms. The second kappa shape index (κ2) is 4.33. The van der Waals surface area contributed by atoms with Crippen molar-refractivity contribution in [2.45, 2.75) is 19.0 Å². The minimum Gasteiger partial charge on any atom is -0.492 e. The van der Waals surface area contributed by atoms with E-state index in [1.165, 1.54) is 6.07 Å². The Balaban J connectivity index is 2.19. The third kappa shape index (κ3) is 2.94. The van der Waals surface area contributed by atoms with E-state index in [9.17, 15) is 13.2 Å². The summed E-state index contributed by atoms with van der Waals surface area (Å²) in [6.07, 6.45) is 3.05. The molecule has 1 nitrogen and oxygen atoms in total. The van der Waals surface area contributed by atoms with Crippen LogP contribution in [0.2, 0.25) is 0 Å². The molecule has 0 atom stereocenters. The summed E-state index contributed by atoms with van der Waals surface area (Å²) in [5.41, 5.74) is -0.593. The van der Waals surface area contributed by atoms with E-state index in [1.54, 1.807) is 0 Å². The molecule has 1 fully saturated rings. The summed E-state index contributed by atoms with van der Waals surface area (Å²) in [6, 6.07) is 3.23. The quantitative estimate of drug-likeness (QED) is 0.735. The van der Waals surface area contributed by atoms with Gasteiger partial charge in [-0.2, -0.15) is 13.2 Å². The first kappa shape index (κ1) is 11.8. The van der Waals surface area contributed by atoms with Gasteiger partial charge in [0, 0.05) is 0 Å². The molecule has 0 amide bonds. The monoisotopic (exact) mass is 240 g/mol. The van der Waals surface area contributed by atoms with E-state index in [4.69, 9.17) is 11.2 Å². The second-order valence-electron chi connectivity index (χ2n) is 4.11. The molecule has 2 rings (SSSR count). The van der Waals surface area contributed by atoms with Gasteiger partial charge in [0.05, 0.1) is 17.7 Å². The molecule has 0 aliphatic heterocycles. The van der Waals surface area contributed by atoms with Crippen molar-refractivity contribution in [2.24, 2.45) is 5.92 Å². The average molecular weight is 240 g/mol. The maximum atomic E-state index is 12.5. The van der Waals surface area contributed by atoms with Crippen LogP contribution in [0.4, 0.5) is 13.2 Å². The van der Waals surface area contributed by atoms with Crippen LogP contribution >= 0.6 is 0 Å². The van der Waals surface area contributed by atoms with Crippen molar-refractivity contribution in [3.63, 3.8) is 0 Å². The van der Waals surface area contributed by atoms with Gasteiger partial charge in [0.1, 0.15) is 5.75 Å². The highest BCUT2D eigenvalue weighted by molar-refractivity contribution is 5.47. The molecule has 0 aromatic heterocycles. The van der Waals surface area contributed by atoms with E-state index >= 15 is 0 Å². The van der Waals surface area contributed by atoms with Crippen molar-refractivity contribution < 1.29 is 17.9 Å². The standard InChI is InChI=1S/C13H11F3O/c1-2-10-7-11(13(14,15)16)5-6-12(10)17-8-9-3-4-9/h1,5-7,9H,3-4,8H2. The SMILES string of the molecule is C#Cc1cc(C(F)(F)F)ccc1OCC1CC1. The van der Waals surface area contributed by atoms with Crippen LogP contribution in [0.3, 0.4) is 0 Å². The lowest BCUT2D eigenvalue weighted by atomic mass is 10.1. The van der Waals surface area contributed by atoms with E-state index in [2.05, 4.69) is 5.92 Å². The zero-order valence-electron chi connectivity index (χ0n) is 9.05. The van der Waals surface area contributed by atoms with Gasteiger partial charge in [-0.05, 0) is 37.0 Å². The molecule has 0 spiro atoms. The Labute approximate surface area is 97.6 Å². The van der Waals surface area contributed by atoms with Crippen LogP contribution in [0.25, 0.3) is 0 Å². The van der Waals surface area contributed by atoms with E-state index in [-0.39, 0.29) is 5.56 Å². The highest BCUT2D eigenvalue weighted by atomic mass is 19.4. The molecule has 0 heterocycles. The van der Waals surface area contributed by atoms with Crippen molar-refractivity contribution >= 4 is 0 Å². The van der Waals surface area contributed by atoms with Crippen LogP contribution in [0.1, 0.15) is 24.0 Å². The largest absolute Gasteiger partial charge is 0.492 e. The van der Waals surface area contributed by atoms with Crippen LogP contribution in [-0.4, -0.2) is 6.61 Å². The van der Waals surface area contributed by atoms with E-state index in [0.29, 0.717) is 18.3 Å². The van der Waals surface area contributed by atoms with Crippen molar-refractivity contribution in [1.29, 1.82) is 0 Å². The van der Waals surface area contributed by atoms with Gasteiger partial charge in [0.15, 0.2) is 0 Å². The molecule has 0 N–H and O–H groups in total. The zero-order valence-corrected chi connectivity index (χ0v) is 9.05. The number of terminal acetylenes is 1. The zero-order chi connectivity index (χ0) is 12.5. The topological polar surface area (TPSA) is 9.23 Å². The maximum Gasteiger partial charge on any atom is 0.416 e. The summed E-state index contributed by atoms with van der Waals surface area (Å²) in [7, 11) is 0. The Morgan fingerprint density at radius 1 is 1.35 bits per heavy atom. The van der Waals surface area contributed by atoms with E-state index in [0.717, 1.165) is 25.0 Å². The number of halogens is 3. The number of ether oxygens (including phenoxy) is 1. The molecule has 1 saturated carbocycles. The molecule has 1 aromatic rings. The lowest BCUT2D eigenvalue weighted by Gasteiger charge is -2.11. The molecule has 0 radical (unpaired) electrons. The third-order valence-electron chi connectivity index (χ3n) is 2.63. The first-order valence-corrected chi connectivity index (χ1v) is 5.31. The minimum absolute atomic E-state index is 0.153. The molecule has 1 aliphatic rings. The molecular weight excluding hydrogens is 229 g/mol. The fourth-order valence-corrected chi connectivity index (χ4v) is 1.44. The second-order valence-corrected chi connectivity index (χ2v) is 4.11. The summed E-state index contributed by atoms with van der Waals surface area (Å²) in [5.74, 6) is 3.11. The van der Waals surface area contributed by atoms with Gasteiger partial charge in [0.25, 0.3) is 0 Å². The number of hydrogen-bond acceptors (Lipinski definition) is 1. The number of rotatable bonds is 3. The molecule has 0 bridgehead atoms. The van der Waals surface area contributed by atoms with Crippen LogP contribution in [0, 0.1) is 18.3 Å². The normalized spacial score (nSPS) is 15.4. The Morgan fingerprint density at radius 2 is 2.06 bits per heavy atom. The van der Waals surface area contributed by atoms with Gasteiger partial charge in [-0.15, -0.1) is 6.42 Å². The highest BCUT2D eigenvalue weighted by Gasteiger charge is 2.31. The summed E-state index contributed by atoms with van der Waals surface area (Å²) in [5, 5.41) is 0. The van der Waals surface area contributed by atoms with Crippen LogP contribution < -0.4 is 4.74 Å². The van der Waals surface area contributed by atoms with E-state index < -0.39 is 11.7 Å². The van der Waals surface area contributed by atoms with Gasteiger partial charge >= 0.3 is 6.18 Å². The Bertz CT molecular complexity index is 453. The summed E-state index contributed by atoms with van der Waals surface area (Å²) in [4.78, 5) is 0. The molecule has 1 aliphatic carbocycles. The van der Waals surface area contributed by atoms with Gasteiger partial charge in [-0.25, -0.2) is 0 Å². The fourth-order valence-electron chi connectivity index (χ4n) is 1.44. The molecule has 4 heteroatoms. The number of hydrogen-bond donors (Lipinski definition) is 0. The van der Waals surface area contributed by atoms with Crippen molar-refractivity contribution in [2.75, 3.05) is 6.61 Å². The van der Waals surface area contributed by atoms with Gasteiger partial charge in [0.2, 0.25) is 0 Å². The maximum absolute atomic E-state index is 12.5. The van der Waals surface area contributed by atoms with Crippen molar-refractivity contribution in [1.82, 2.24) is 0 Å². The Kier molecular flexibility index (Phi) is 3.01. The predicted octanol–water partition coefficient (Wildman–Crippen LogP) is 3.48. The average Bonchev–Trinajstić information content (AvgIpc) is 3.08. The molecule has 1 aromatic carbocycles. The molecular formula is C13H11F3O. The first-order valence-electron chi connectivity index (χ1n) is 5.31. The third-order valence-corrected chi connectivity index (χ3v) is 2.63. The summed E-state index contributed by atoms with van der Waals surface area (Å²) in [6.45, 7) is 0.528. The summed E-state index contributed by atoms with van der Waals surface area (Å²) >= 11 is 0. The van der Waals surface area contributed by atoms with Crippen LogP contribution in [0.5, 0.6) is 5.75 Å². The number of alkyl halides is 3.